The molecule has 4 heteroatoms. The van der Waals surface area contributed by atoms with Crippen molar-refractivity contribution in [3.05, 3.63) is 65.2 Å². The van der Waals surface area contributed by atoms with Gasteiger partial charge in [-0.1, -0.05) is 57.2 Å². The summed E-state index contributed by atoms with van der Waals surface area (Å²) in [6.45, 7) is 7.39. The smallest absolute Gasteiger partial charge is 0.244 e. The van der Waals surface area contributed by atoms with Crippen molar-refractivity contribution in [2.24, 2.45) is 0 Å². The Bertz CT molecular complexity index is 861. The second-order valence-electron chi connectivity index (χ2n) is 9.45. The van der Waals surface area contributed by atoms with Crippen LogP contribution in [0.2, 0.25) is 0 Å². The molecular formula is C25H32N2O2. The van der Waals surface area contributed by atoms with E-state index in [1.165, 1.54) is 16.7 Å². The van der Waals surface area contributed by atoms with Crippen LogP contribution in [0.15, 0.2) is 48.5 Å². The van der Waals surface area contributed by atoms with Crippen molar-refractivity contribution in [1.82, 2.24) is 10.2 Å². The van der Waals surface area contributed by atoms with Gasteiger partial charge in [0.15, 0.2) is 0 Å². The quantitative estimate of drug-likeness (QED) is 0.809. The maximum Gasteiger partial charge on any atom is 0.244 e. The molecule has 1 unspecified atom stereocenters. The number of carbonyl (C=O) groups excluding carboxylic acids is 1. The van der Waals surface area contributed by atoms with Crippen molar-refractivity contribution < 1.29 is 9.53 Å². The van der Waals surface area contributed by atoms with Crippen molar-refractivity contribution in [3.8, 4) is 5.75 Å². The molecule has 1 saturated carbocycles. The first kappa shape index (κ1) is 20.0. The van der Waals surface area contributed by atoms with Gasteiger partial charge in [0.2, 0.25) is 5.91 Å². The summed E-state index contributed by atoms with van der Waals surface area (Å²) in [4.78, 5) is 15.3. The fourth-order valence-corrected chi connectivity index (χ4v) is 4.38. The second-order valence-corrected chi connectivity index (χ2v) is 9.45. The van der Waals surface area contributed by atoms with Crippen LogP contribution in [0.4, 0.5) is 0 Å². The zero-order chi connectivity index (χ0) is 20.6. The number of hydrogen-bond donors (Lipinski definition) is 1. The van der Waals surface area contributed by atoms with Crippen LogP contribution >= 0.6 is 0 Å². The van der Waals surface area contributed by atoms with E-state index >= 15 is 0 Å². The molecule has 2 aromatic rings. The van der Waals surface area contributed by atoms with Gasteiger partial charge in [0.1, 0.15) is 11.9 Å². The molecule has 2 fully saturated rings. The molecule has 1 amide bonds. The number of methoxy groups -OCH3 is 1. The van der Waals surface area contributed by atoms with E-state index in [-0.39, 0.29) is 23.0 Å². The van der Waals surface area contributed by atoms with Crippen LogP contribution in [-0.4, -0.2) is 30.0 Å². The summed E-state index contributed by atoms with van der Waals surface area (Å²) in [7, 11) is 1.68. The van der Waals surface area contributed by atoms with Gasteiger partial charge >= 0.3 is 0 Å². The average molecular weight is 393 g/mol. The molecule has 1 saturated heterocycles. The molecule has 0 radical (unpaired) electrons. The van der Waals surface area contributed by atoms with Crippen molar-refractivity contribution in [2.75, 3.05) is 13.7 Å². The Labute approximate surface area is 174 Å². The molecule has 4 nitrogen and oxygen atoms in total. The highest BCUT2D eigenvalue weighted by atomic mass is 16.5. The second kappa shape index (κ2) is 7.49. The standard InChI is InChI=1S/C25H32N2O2/c1-24(2,3)20-10-8-19(9-11-20)22-26-25(15-5-16-25)23(28)27(22)17-14-18-6-12-21(29-4)13-7-18/h6-13,22,26H,5,14-17H2,1-4H3. The largest absolute Gasteiger partial charge is 0.497 e. The lowest BCUT2D eigenvalue weighted by Crippen LogP contribution is -2.52. The number of ether oxygens (including phenoxy) is 1. The highest BCUT2D eigenvalue weighted by molar-refractivity contribution is 5.90. The van der Waals surface area contributed by atoms with E-state index in [0.717, 1.165) is 31.4 Å². The zero-order valence-electron chi connectivity index (χ0n) is 18.0. The van der Waals surface area contributed by atoms with Crippen molar-refractivity contribution in [3.63, 3.8) is 0 Å². The van der Waals surface area contributed by atoms with Crippen LogP contribution in [0.1, 0.15) is 62.9 Å². The molecular weight excluding hydrogens is 360 g/mol. The predicted octanol–water partition coefficient (Wildman–Crippen LogP) is 4.59. The molecule has 29 heavy (non-hydrogen) atoms. The summed E-state index contributed by atoms with van der Waals surface area (Å²) < 4.78 is 5.25. The highest BCUT2D eigenvalue weighted by Crippen LogP contribution is 2.43. The lowest BCUT2D eigenvalue weighted by molar-refractivity contribution is -0.135. The number of nitrogens with one attached hydrogen (secondary N) is 1. The molecule has 0 aromatic heterocycles. The van der Waals surface area contributed by atoms with Gasteiger partial charge in [0.25, 0.3) is 0 Å². The van der Waals surface area contributed by atoms with E-state index in [1.54, 1.807) is 7.11 Å². The Morgan fingerprint density at radius 3 is 2.24 bits per heavy atom. The first-order chi connectivity index (χ1) is 13.8. The van der Waals surface area contributed by atoms with E-state index in [2.05, 4.69) is 67.4 Å². The van der Waals surface area contributed by atoms with Crippen molar-refractivity contribution in [2.45, 2.75) is 63.6 Å². The number of carbonyl (C=O) groups is 1. The molecule has 1 aliphatic heterocycles. The minimum absolute atomic E-state index is 0.0462. The summed E-state index contributed by atoms with van der Waals surface area (Å²) >= 11 is 0. The predicted molar refractivity (Wildman–Crippen MR) is 116 cm³/mol. The maximum absolute atomic E-state index is 13.3. The van der Waals surface area contributed by atoms with Gasteiger partial charge in [-0.15, -0.1) is 0 Å². The fourth-order valence-electron chi connectivity index (χ4n) is 4.38. The molecule has 2 aliphatic rings. The summed E-state index contributed by atoms with van der Waals surface area (Å²) in [5, 5.41) is 3.69. The van der Waals surface area contributed by atoms with Gasteiger partial charge in [0, 0.05) is 6.54 Å². The van der Waals surface area contributed by atoms with Gasteiger partial charge in [-0.25, -0.2) is 0 Å². The summed E-state index contributed by atoms with van der Waals surface area (Å²) in [5.41, 5.74) is 3.49. The maximum atomic E-state index is 13.3. The number of rotatable bonds is 5. The van der Waals surface area contributed by atoms with E-state index in [0.29, 0.717) is 6.54 Å². The van der Waals surface area contributed by atoms with Crippen LogP contribution in [0.3, 0.4) is 0 Å². The van der Waals surface area contributed by atoms with E-state index in [4.69, 9.17) is 4.74 Å². The van der Waals surface area contributed by atoms with Gasteiger partial charge in [-0.05, 0) is 59.9 Å². The molecule has 2 aromatic carbocycles. The lowest BCUT2D eigenvalue weighted by Gasteiger charge is -2.36. The lowest BCUT2D eigenvalue weighted by atomic mass is 9.77. The van der Waals surface area contributed by atoms with Crippen LogP contribution in [0.5, 0.6) is 5.75 Å². The van der Waals surface area contributed by atoms with Gasteiger partial charge in [0.05, 0.1) is 12.6 Å². The van der Waals surface area contributed by atoms with Crippen molar-refractivity contribution in [1.29, 1.82) is 0 Å². The Morgan fingerprint density at radius 1 is 1.07 bits per heavy atom. The SMILES string of the molecule is COc1ccc(CCN2C(=O)C3(CCC3)NC2c2ccc(C(C)(C)C)cc2)cc1. The molecule has 1 atom stereocenters. The molecule has 154 valence electrons. The summed E-state index contributed by atoms with van der Waals surface area (Å²) in [6, 6.07) is 16.9. The van der Waals surface area contributed by atoms with Crippen LogP contribution < -0.4 is 10.1 Å². The fraction of sp³-hybridized carbons (Fsp3) is 0.480. The highest BCUT2D eigenvalue weighted by Gasteiger charge is 2.54. The molecule has 1 aliphatic carbocycles. The Morgan fingerprint density at radius 2 is 1.72 bits per heavy atom. The molecule has 0 bridgehead atoms. The Balaban J connectivity index is 1.54. The first-order valence-electron chi connectivity index (χ1n) is 10.6. The van der Waals surface area contributed by atoms with E-state index in [9.17, 15) is 4.79 Å². The zero-order valence-corrected chi connectivity index (χ0v) is 18.0. The Hall–Kier alpha value is -2.33. The number of amides is 1. The topological polar surface area (TPSA) is 41.6 Å². The van der Waals surface area contributed by atoms with E-state index in [1.807, 2.05) is 12.1 Å². The van der Waals surface area contributed by atoms with Gasteiger partial charge in [-0.2, -0.15) is 0 Å². The third-order valence-electron chi connectivity index (χ3n) is 6.49. The molecule has 4 rings (SSSR count). The van der Waals surface area contributed by atoms with E-state index < -0.39 is 0 Å². The minimum Gasteiger partial charge on any atom is -0.497 e. The van der Waals surface area contributed by atoms with Crippen molar-refractivity contribution >= 4 is 5.91 Å². The average Bonchev–Trinajstić information content (AvgIpc) is 2.99. The first-order valence-corrected chi connectivity index (χ1v) is 10.6. The number of benzene rings is 2. The van der Waals surface area contributed by atoms with Gasteiger partial charge < -0.3 is 9.64 Å². The summed E-state index contributed by atoms with van der Waals surface area (Å²) in [6.07, 6.45) is 3.81. The van der Waals surface area contributed by atoms with Crippen LogP contribution in [0, 0.1) is 0 Å². The van der Waals surface area contributed by atoms with Gasteiger partial charge in [-0.3, -0.25) is 10.1 Å². The van der Waals surface area contributed by atoms with Crippen LogP contribution in [-0.2, 0) is 16.6 Å². The van der Waals surface area contributed by atoms with Crippen LogP contribution in [0.25, 0.3) is 0 Å². The summed E-state index contributed by atoms with van der Waals surface area (Å²) in [5.74, 6) is 1.13. The number of hydrogen-bond acceptors (Lipinski definition) is 3. The molecule has 1 heterocycles. The molecule has 1 spiro atoms. The number of nitrogens with zero attached hydrogens (tertiary/aromatic N) is 1. The monoisotopic (exact) mass is 392 g/mol. The molecule has 1 N–H and O–H groups in total. The normalized spacial score (nSPS) is 20.8. The third-order valence-corrected chi connectivity index (χ3v) is 6.49. The third kappa shape index (κ3) is 3.78. The Kier molecular flexibility index (Phi) is 5.16. The minimum atomic E-state index is -0.340.